The zero-order valence-corrected chi connectivity index (χ0v) is 12.0. The lowest BCUT2D eigenvalue weighted by atomic mass is 10.2. The quantitative estimate of drug-likeness (QED) is 0.828. The average molecular weight is 379 g/mol. The number of hydrogen-bond acceptors (Lipinski definition) is 4. The summed E-state index contributed by atoms with van der Waals surface area (Å²) in [7, 11) is 0. The molecule has 1 aromatic heterocycles. The van der Waals surface area contributed by atoms with Crippen molar-refractivity contribution in [1.82, 2.24) is 10.2 Å². The van der Waals surface area contributed by atoms with E-state index in [1.54, 1.807) is 6.07 Å². The smallest absolute Gasteiger partial charge is 0.303 e. The molecule has 0 radical (unpaired) electrons. The number of nitrogens with zero attached hydrogens (tertiary/aromatic N) is 2. The summed E-state index contributed by atoms with van der Waals surface area (Å²) >= 11 is 8.12. The second-order valence-electron chi connectivity index (χ2n) is 3.52. The molecule has 0 fully saturated rings. The van der Waals surface area contributed by atoms with Crippen LogP contribution in [0.25, 0.3) is 11.5 Å². The van der Waals surface area contributed by atoms with Crippen LogP contribution in [0.2, 0.25) is 5.02 Å². The molecule has 0 bridgehead atoms. The summed E-state index contributed by atoms with van der Waals surface area (Å²) in [6.45, 7) is 0. The van der Waals surface area contributed by atoms with Crippen LogP contribution in [0.4, 0.5) is 0 Å². The number of aryl methyl sites for hydroxylation is 1. The molecule has 0 amide bonds. The minimum atomic E-state index is -0.896. The third kappa shape index (κ3) is 3.20. The zero-order chi connectivity index (χ0) is 13.1. The van der Waals surface area contributed by atoms with Gasteiger partial charge in [-0.3, -0.25) is 4.79 Å². The second-order valence-corrected chi connectivity index (χ2v) is 5.09. The van der Waals surface area contributed by atoms with Crippen LogP contribution in [-0.2, 0) is 11.2 Å². The average Bonchev–Trinajstić information content (AvgIpc) is 2.79. The molecule has 94 valence electrons. The summed E-state index contributed by atoms with van der Waals surface area (Å²) in [4.78, 5) is 10.4. The molecule has 2 aromatic rings. The van der Waals surface area contributed by atoms with E-state index in [4.69, 9.17) is 21.1 Å². The van der Waals surface area contributed by atoms with Crippen molar-refractivity contribution in [3.05, 3.63) is 32.7 Å². The fraction of sp³-hybridized carbons (Fsp3) is 0.182. The molecule has 0 aliphatic carbocycles. The van der Waals surface area contributed by atoms with Crippen molar-refractivity contribution in [3.63, 3.8) is 0 Å². The van der Waals surface area contributed by atoms with E-state index in [0.29, 0.717) is 16.8 Å². The van der Waals surface area contributed by atoms with Crippen LogP contribution < -0.4 is 0 Å². The molecule has 0 spiro atoms. The lowest BCUT2D eigenvalue weighted by Crippen LogP contribution is -1.97. The maximum absolute atomic E-state index is 10.4. The molecule has 18 heavy (non-hydrogen) atoms. The molecule has 0 aliphatic rings. The number of aromatic nitrogens is 2. The fourth-order valence-electron chi connectivity index (χ4n) is 1.31. The number of carboxylic acids is 1. The number of hydrogen-bond donors (Lipinski definition) is 1. The Bertz CT molecular complexity index is 585. The van der Waals surface area contributed by atoms with Crippen LogP contribution in [0.15, 0.2) is 22.6 Å². The highest BCUT2D eigenvalue weighted by Gasteiger charge is 2.11. The standard InChI is InChI=1S/C11H8ClIN2O3/c12-7-5-6(1-2-8(7)13)11-15-14-9(18-11)3-4-10(16)17/h1-2,5H,3-4H2,(H,16,17). The van der Waals surface area contributed by atoms with Crippen molar-refractivity contribution in [2.45, 2.75) is 12.8 Å². The Kier molecular flexibility index (Phi) is 4.18. The predicted octanol–water partition coefficient (Wildman–Crippen LogP) is 3.01. The van der Waals surface area contributed by atoms with Gasteiger partial charge in [-0.25, -0.2) is 0 Å². The number of benzene rings is 1. The molecule has 0 atom stereocenters. The van der Waals surface area contributed by atoms with Crippen LogP contribution >= 0.6 is 34.2 Å². The van der Waals surface area contributed by atoms with Gasteiger partial charge < -0.3 is 9.52 Å². The highest BCUT2D eigenvalue weighted by molar-refractivity contribution is 14.1. The molecule has 5 nitrogen and oxygen atoms in total. The Balaban J connectivity index is 2.18. The van der Waals surface area contributed by atoms with Gasteiger partial charge in [0.1, 0.15) is 0 Å². The Labute approximate surface area is 121 Å². The predicted molar refractivity (Wildman–Crippen MR) is 73.4 cm³/mol. The SMILES string of the molecule is O=C(O)CCc1nnc(-c2ccc(I)c(Cl)c2)o1. The molecule has 0 saturated heterocycles. The van der Waals surface area contributed by atoms with E-state index in [1.807, 2.05) is 12.1 Å². The molecule has 1 N–H and O–H groups in total. The van der Waals surface area contributed by atoms with Gasteiger partial charge in [0.2, 0.25) is 11.8 Å². The van der Waals surface area contributed by atoms with Gasteiger partial charge >= 0.3 is 5.97 Å². The van der Waals surface area contributed by atoms with Crippen molar-refractivity contribution in [2.24, 2.45) is 0 Å². The van der Waals surface area contributed by atoms with Crippen LogP contribution in [0.1, 0.15) is 12.3 Å². The van der Waals surface area contributed by atoms with Crippen LogP contribution in [-0.4, -0.2) is 21.3 Å². The van der Waals surface area contributed by atoms with Gasteiger partial charge in [-0.2, -0.15) is 0 Å². The van der Waals surface area contributed by atoms with Gasteiger partial charge in [-0.05, 0) is 40.8 Å². The Morgan fingerprint density at radius 2 is 2.22 bits per heavy atom. The van der Waals surface area contributed by atoms with Crippen molar-refractivity contribution in [2.75, 3.05) is 0 Å². The normalized spacial score (nSPS) is 10.6. The van der Waals surface area contributed by atoms with Gasteiger partial charge in [0, 0.05) is 15.6 Å². The molecule has 0 unspecified atom stereocenters. The first-order valence-corrected chi connectivity index (χ1v) is 6.51. The Hall–Kier alpha value is -1.15. The number of halogens is 2. The summed E-state index contributed by atoms with van der Waals surface area (Å²) in [5.74, 6) is -0.247. The first-order valence-electron chi connectivity index (χ1n) is 5.06. The van der Waals surface area contributed by atoms with Gasteiger partial charge in [0.15, 0.2) is 0 Å². The summed E-state index contributed by atoms with van der Waals surface area (Å²) in [5, 5.41) is 16.8. The molecule has 0 saturated carbocycles. The van der Waals surface area contributed by atoms with Crippen molar-refractivity contribution in [3.8, 4) is 11.5 Å². The van der Waals surface area contributed by atoms with E-state index < -0.39 is 5.97 Å². The highest BCUT2D eigenvalue weighted by Crippen LogP contribution is 2.25. The summed E-state index contributed by atoms with van der Waals surface area (Å²) in [6.07, 6.45) is 0.190. The third-order valence-corrected chi connectivity index (χ3v) is 3.76. The van der Waals surface area contributed by atoms with Gasteiger partial charge in [-0.15, -0.1) is 10.2 Å². The fourth-order valence-corrected chi connectivity index (χ4v) is 1.83. The summed E-state index contributed by atoms with van der Waals surface area (Å²) in [6, 6.07) is 5.40. The first kappa shape index (κ1) is 13.3. The minimum Gasteiger partial charge on any atom is -0.481 e. The molecule has 7 heteroatoms. The molecule has 0 aliphatic heterocycles. The van der Waals surface area contributed by atoms with E-state index >= 15 is 0 Å². The maximum Gasteiger partial charge on any atom is 0.303 e. The lowest BCUT2D eigenvalue weighted by molar-refractivity contribution is -0.137. The number of carbonyl (C=O) groups is 1. The molecular formula is C11H8ClIN2O3. The maximum atomic E-state index is 10.4. The second kappa shape index (κ2) is 5.66. The Morgan fingerprint density at radius 3 is 2.89 bits per heavy atom. The first-order chi connectivity index (χ1) is 8.56. The number of rotatable bonds is 4. The van der Waals surface area contributed by atoms with Gasteiger partial charge in [-0.1, -0.05) is 11.6 Å². The van der Waals surface area contributed by atoms with E-state index in [-0.39, 0.29) is 12.8 Å². The molecule has 1 heterocycles. The number of carboxylic acid groups (broad SMARTS) is 1. The van der Waals surface area contributed by atoms with Crippen LogP contribution in [0.3, 0.4) is 0 Å². The van der Waals surface area contributed by atoms with Crippen molar-refractivity contribution < 1.29 is 14.3 Å². The monoisotopic (exact) mass is 378 g/mol. The summed E-state index contributed by atoms with van der Waals surface area (Å²) < 4.78 is 6.30. The van der Waals surface area contributed by atoms with E-state index in [9.17, 15) is 4.79 Å². The largest absolute Gasteiger partial charge is 0.481 e. The molecular weight excluding hydrogens is 370 g/mol. The topological polar surface area (TPSA) is 76.2 Å². The van der Waals surface area contributed by atoms with E-state index in [0.717, 1.165) is 9.13 Å². The highest BCUT2D eigenvalue weighted by atomic mass is 127. The molecule has 2 rings (SSSR count). The van der Waals surface area contributed by atoms with Crippen LogP contribution in [0, 0.1) is 3.57 Å². The number of aliphatic carboxylic acids is 1. The third-order valence-electron chi connectivity index (χ3n) is 2.19. The van der Waals surface area contributed by atoms with Crippen molar-refractivity contribution >= 4 is 40.2 Å². The van der Waals surface area contributed by atoms with Crippen LogP contribution in [0.5, 0.6) is 0 Å². The van der Waals surface area contributed by atoms with Crippen molar-refractivity contribution in [1.29, 1.82) is 0 Å². The lowest BCUT2D eigenvalue weighted by Gasteiger charge is -1.98. The van der Waals surface area contributed by atoms with Gasteiger partial charge in [0.25, 0.3) is 0 Å². The molecule has 1 aromatic carbocycles. The van der Waals surface area contributed by atoms with E-state index in [1.165, 1.54) is 0 Å². The minimum absolute atomic E-state index is 0.0327. The summed E-state index contributed by atoms with van der Waals surface area (Å²) in [5.41, 5.74) is 0.717. The van der Waals surface area contributed by atoms with Gasteiger partial charge in [0.05, 0.1) is 11.4 Å². The zero-order valence-electron chi connectivity index (χ0n) is 9.06. The van der Waals surface area contributed by atoms with E-state index in [2.05, 4.69) is 32.8 Å². The Morgan fingerprint density at radius 1 is 1.44 bits per heavy atom.